The molecule has 0 radical (unpaired) electrons. The molecule has 0 saturated carbocycles. The third-order valence-corrected chi connectivity index (χ3v) is 5.32. The highest BCUT2D eigenvalue weighted by Gasteiger charge is 2.39. The van der Waals surface area contributed by atoms with Gasteiger partial charge in [-0.3, -0.25) is 4.79 Å². The number of carbonyl (C=O) groups is 2. The van der Waals surface area contributed by atoms with Crippen molar-refractivity contribution in [1.82, 2.24) is 5.32 Å². The summed E-state index contributed by atoms with van der Waals surface area (Å²) in [5.74, 6) is -1.44. The van der Waals surface area contributed by atoms with Gasteiger partial charge in [-0.05, 0) is 36.8 Å². The molecule has 166 valence electrons. The largest absolute Gasteiger partial charge is 0.489 e. The fourth-order valence-electron chi connectivity index (χ4n) is 3.00. The zero-order valence-corrected chi connectivity index (χ0v) is 18.0. The van der Waals surface area contributed by atoms with E-state index in [0.29, 0.717) is 26.9 Å². The second-order valence-electron chi connectivity index (χ2n) is 6.89. The van der Waals surface area contributed by atoms with Crippen LogP contribution in [0.1, 0.15) is 18.1 Å². The molecular formula is C21H21Cl2NO7. The van der Waals surface area contributed by atoms with E-state index in [9.17, 15) is 19.8 Å². The van der Waals surface area contributed by atoms with E-state index in [1.54, 1.807) is 42.5 Å². The first kappa shape index (κ1) is 23.3. The number of aliphatic carboxylic acids is 1. The second kappa shape index (κ2) is 10.3. The van der Waals surface area contributed by atoms with Gasteiger partial charge < -0.3 is 29.7 Å². The molecule has 2 aromatic carbocycles. The second-order valence-corrected chi connectivity index (χ2v) is 7.70. The smallest absolute Gasteiger partial charge is 0.326 e. The number of carboxylic acids is 1. The van der Waals surface area contributed by atoms with Crippen molar-refractivity contribution in [3.8, 4) is 5.75 Å². The van der Waals surface area contributed by atoms with E-state index in [0.717, 1.165) is 0 Å². The van der Waals surface area contributed by atoms with Crippen molar-refractivity contribution in [1.29, 1.82) is 0 Å². The van der Waals surface area contributed by atoms with E-state index >= 15 is 0 Å². The molecule has 1 saturated heterocycles. The Hall–Kier alpha value is -2.36. The lowest BCUT2D eigenvalue weighted by atomic mass is 10.1. The summed E-state index contributed by atoms with van der Waals surface area (Å²) in [6, 6.07) is 10.7. The molecule has 1 aliphatic heterocycles. The number of nitrogens with one attached hydrogen (secondary N) is 1. The molecule has 0 aliphatic carbocycles. The highest BCUT2D eigenvalue weighted by atomic mass is 35.5. The van der Waals surface area contributed by atoms with Crippen LogP contribution in [0.5, 0.6) is 5.75 Å². The predicted octanol–water partition coefficient (Wildman–Crippen LogP) is 2.76. The van der Waals surface area contributed by atoms with Crippen molar-refractivity contribution in [3.63, 3.8) is 0 Å². The summed E-state index contributed by atoms with van der Waals surface area (Å²) in [5, 5.41) is 22.5. The van der Waals surface area contributed by atoms with E-state index in [1.807, 2.05) is 0 Å². The molecule has 4 atom stereocenters. The van der Waals surface area contributed by atoms with E-state index in [-0.39, 0.29) is 13.0 Å². The minimum absolute atomic E-state index is 0.0247. The minimum Gasteiger partial charge on any atom is -0.489 e. The van der Waals surface area contributed by atoms with Gasteiger partial charge in [0.2, 0.25) is 0 Å². The van der Waals surface area contributed by atoms with Gasteiger partial charge in [-0.15, -0.1) is 0 Å². The molecular weight excluding hydrogens is 449 g/mol. The maximum Gasteiger partial charge on any atom is 0.326 e. The zero-order valence-electron chi connectivity index (χ0n) is 16.5. The highest BCUT2D eigenvalue weighted by Crippen LogP contribution is 2.26. The summed E-state index contributed by atoms with van der Waals surface area (Å²) < 4.78 is 15.8. The maximum absolute atomic E-state index is 12.3. The average Bonchev–Trinajstić information content (AvgIpc) is 3.06. The number of amides is 1. The van der Waals surface area contributed by atoms with Crippen LogP contribution in [-0.4, -0.2) is 46.8 Å². The number of ether oxygens (including phenoxy) is 3. The van der Waals surface area contributed by atoms with Crippen molar-refractivity contribution in [2.45, 2.75) is 44.7 Å². The number of benzene rings is 2. The van der Waals surface area contributed by atoms with Crippen LogP contribution in [-0.2, 0) is 32.1 Å². The lowest BCUT2D eigenvalue weighted by Crippen LogP contribution is -2.49. The van der Waals surface area contributed by atoms with Crippen LogP contribution in [0.15, 0.2) is 42.5 Å². The van der Waals surface area contributed by atoms with E-state index < -0.39 is 36.6 Å². The van der Waals surface area contributed by atoms with Crippen LogP contribution < -0.4 is 10.1 Å². The molecule has 3 N–H and O–H groups in total. The van der Waals surface area contributed by atoms with Crippen molar-refractivity contribution >= 4 is 35.1 Å². The Morgan fingerprint density at radius 2 is 1.77 bits per heavy atom. The van der Waals surface area contributed by atoms with E-state index in [2.05, 4.69) is 5.32 Å². The number of halogens is 2. The normalized spacial score (nSPS) is 21.5. The standard InChI is InChI=1S/C21H21Cl2NO7/c1-11-30-18(21(28)31-11)19(25)24-17(20(26)27)9-12-5-7-13(8-6-12)29-10-14-15(22)3-2-4-16(14)23/h2-8,11,17-18,21,28H,9-10H2,1H3,(H,24,25)(H,26,27)/t11?,17-,18-,21-/m0/s1. The quantitative estimate of drug-likeness (QED) is 0.544. The Morgan fingerprint density at radius 1 is 1.13 bits per heavy atom. The fraction of sp³-hybridized carbons (Fsp3) is 0.333. The van der Waals surface area contributed by atoms with Gasteiger partial charge in [0.25, 0.3) is 5.91 Å². The van der Waals surface area contributed by atoms with Crippen LogP contribution in [0, 0.1) is 0 Å². The molecule has 1 aliphatic rings. The Kier molecular flexibility index (Phi) is 7.74. The number of hydrogen-bond donors (Lipinski definition) is 3. The summed E-state index contributed by atoms with van der Waals surface area (Å²) in [6.07, 6.45) is -3.48. The molecule has 1 fully saturated rings. The molecule has 8 nitrogen and oxygen atoms in total. The Labute approximate surface area is 188 Å². The first-order valence-electron chi connectivity index (χ1n) is 9.41. The summed E-state index contributed by atoms with van der Waals surface area (Å²) in [6.45, 7) is 1.70. The Bertz CT molecular complexity index is 918. The van der Waals surface area contributed by atoms with Gasteiger partial charge in [0.15, 0.2) is 18.7 Å². The predicted molar refractivity (Wildman–Crippen MR) is 112 cm³/mol. The molecule has 1 amide bonds. The third-order valence-electron chi connectivity index (χ3n) is 4.61. The molecule has 3 rings (SSSR count). The number of carbonyl (C=O) groups excluding carboxylic acids is 1. The van der Waals surface area contributed by atoms with Gasteiger partial charge in [-0.25, -0.2) is 4.79 Å². The summed E-state index contributed by atoms with van der Waals surface area (Å²) in [7, 11) is 0. The van der Waals surface area contributed by atoms with Crippen LogP contribution >= 0.6 is 23.2 Å². The SMILES string of the molecule is CC1O[C@H](O)[C@H](C(=O)N[C@@H](Cc2ccc(OCc3c(Cl)cccc3Cl)cc2)C(=O)O)O1. The van der Waals surface area contributed by atoms with Crippen molar-refractivity contribution < 1.29 is 34.0 Å². The first-order valence-corrected chi connectivity index (χ1v) is 10.2. The maximum atomic E-state index is 12.3. The molecule has 0 spiro atoms. The van der Waals surface area contributed by atoms with Crippen LogP contribution in [0.2, 0.25) is 10.0 Å². The summed E-state index contributed by atoms with van der Waals surface area (Å²) in [5.41, 5.74) is 1.33. The van der Waals surface area contributed by atoms with Crippen LogP contribution in [0.25, 0.3) is 0 Å². The van der Waals surface area contributed by atoms with Crippen molar-refractivity contribution in [3.05, 3.63) is 63.6 Å². The average molecular weight is 470 g/mol. The number of aliphatic hydroxyl groups is 1. The summed E-state index contributed by atoms with van der Waals surface area (Å²) in [4.78, 5) is 23.8. The molecule has 1 heterocycles. The van der Waals surface area contributed by atoms with Gasteiger partial charge in [0, 0.05) is 22.0 Å². The third kappa shape index (κ3) is 6.09. The fourth-order valence-corrected chi connectivity index (χ4v) is 3.51. The van der Waals surface area contributed by atoms with E-state index in [1.165, 1.54) is 6.92 Å². The lowest BCUT2D eigenvalue weighted by molar-refractivity contribution is -0.145. The number of carboxylic acid groups (broad SMARTS) is 1. The molecule has 1 unspecified atom stereocenters. The summed E-state index contributed by atoms with van der Waals surface area (Å²) >= 11 is 12.3. The topological polar surface area (TPSA) is 114 Å². The molecule has 0 aromatic heterocycles. The van der Waals surface area contributed by atoms with Gasteiger partial charge >= 0.3 is 5.97 Å². The van der Waals surface area contributed by atoms with Crippen molar-refractivity contribution in [2.75, 3.05) is 0 Å². The number of hydrogen-bond acceptors (Lipinski definition) is 6. The molecule has 10 heteroatoms. The van der Waals surface area contributed by atoms with Gasteiger partial charge in [0.05, 0.1) is 0 Å². The lowest BCUT2D eigenvalue weighted by Gasteiger charge is -2.18. The Morgan fingerprint density at radius 3 is 2.32 bits per heavy atom. The van der Waals surface area contributed by atoms with Gasteiger partial charge in [0.1, 0.15) is 18.4 Å². The van der Waals surface area contributed by atoms with Crippen molar-refractivity contribution in [2.24, 2.45) is 0 Å². The van der Waals surface area contributed by atoms with Crippen LogP contribution in [0.3, 0.4) is 0 Å². The van der Waals surface area contributed by atoms with Gasteiger partial charge in [-0.2, -0.15) is 0 Å². The number of rotatable bonds is 8. The monoisotopic (exact) mass is 469 g/mol. The minimum atomic E-state index is -1.45. The highest BCUT2D eigenvalue weighted by molar-refractivity contribution is 6.35. The number of aliphatic hydroxyl groups excluding tert-OH is 1. The first-order chi connectivity index (χ1) is 14.7. The molecule has 0 bridgehead atoms. The zero-order chi connectivity index (χ0) is 22.5. The molecule has 31 heavy (non-hydrogen) atoms. The van der Waals surface area contributed by atoms with E-state index in [4.69, 9.17) is 37.4 Å². The van der Waals surface area contributed by atoms with Gasteiger partial charge in [-0.1, -0.05) is 41.4 Å². The molecule has 2 aromatic rings. The van der Waals surface area contributed by atoms with Crippen LogP contribution in [0.4, 0.5) is 0 Å². The Balaban J connectivity index is 1.59.